The van der Waals surface area contributed by atoms with Crippen LogP contribution in [0.15, 0.2) is 59.5 Å². The molecule has 1 amide bonds. The lowest BCUT2D eigenvalue weighted by atomic mass is 10.2. The number of benzene rings is 2. The van der Waals surface area contributed by atoms with Crippen LogP contribution in [0.4, 0.5) is 5.69 Å². The Kier molecular flexibility index (Phi) is 6.34. The molecule has 0 radical (unpaired) electrons. The monoisotopic (exact) mass is 315 g/mol. The van der Waals surface area contributed by atoms with Gasteiger partial charge in [0.25, 0.3) is 0 Å². The molecule has 0 aliphatic carbocycles. The van der Waals surface area contributed by atoms with Crippen LogP contribution in [0.3, 0.4) is 0 Å². The van der Waals surface area contributed by atoms with Gasteiger partial charge < -0.3 is 10.1 Å². The smallest absolute Gasteiger partial charge is 0.228 e. The van der Waals surface area contributed by atoms with E-state index in [1.165, 1.54) is 4.90 Å². The lowest BCUT2D eigenvalue weighted by Crippen LogP contribution is -2.22. The van der Waals surface area contributed by atoms with E-state index in [0.717, 1.165) is 17.2 Å². The summed E-state index contributed by atoms with van der Waals surface area (Å²) in [6.07, 6.45) is 0. The van der Waals surface area contributed by atoms with Crippen molar-refractivity contribution in [3.05, 3.63) is 54.6 Å². The van der Waals surface area contributed by atoms with Gasteiger partial charge in [-0.2, -0.15) is 0 Å². The van der Waals surface area contributed by atoms with Crippen molar-refractivity contribution in [2.24, 2.45) is 5.92 Å². The molecular weight excluding hydrogens is 294 g/mol. The Hall–Kier alpha value is -1.94. The largest absolute Gasteiger partial charge is 0.494 e. The van der Waals surface area contributed by atoms with Gasteiger partial charge in [-0.3, -0.25) is 4.79 Å². The van der Waals surface area contributed by atoms with Crippen LogP contribution >= 0.6 is 11.8 Å². The second kappa shape index (κ2) is 8.49. The Labute approximate surface area is 136 Å². The molecule has 0 aliphatic rings. The van der Waals surface area contributed by atoms with Gasteiger partial charge in [-0.05, 0) is 43.3 Å². The molecule has 0 saturated carbocycles. The first-order valence-corrected chi connectivity index (χ1v) is 8.39. The summed E-state index contributed by atoms with van der Waals surface area (Å²) in [6, 6.07) is 17.6. The second-order valence-corrected chi connectivity index (χ2v) is 6.07. The molecule has 0 aliphatic heterocycles. The molecular formula is C18H21NO2S. The molecule has 0 fully saturated rings. The Morgan fingerprint density at radius 3 is 2.45 bits per heavy atom. The Bertz CT molecular complexity index is 584. The Balaban J connectivity index is 1.83. The van der Waals surface area contributed by atoms with Crippen LogP contribution < -0.4 is 10.1 Å². The summed E-state index contributed by atoms with van der Waals surface area (Å²) in [6.45, 7) is 4.53. The van der Waals surface area contributed by atoms with Crippen LogP contribution in [-0.2, 0) is 4.79 Å². The quantitative estimate of drug-likeness (QED) is 0.767. The molecule has 116 valence electrons. The first-order valence-electron chi connectivity index (χ1n) is 7.40. The highest BCUT2D eigenvalue weighted by molar-refractivity contribution is 7.99. The first kappa shape index (κ1) is 16.4. The third kappa shape index (κ3) is 5.11. The summed E-state index contributed by atoms with van der Waals surface area (Å²) in [7, 11) is 0. The predicted molar refractivity (Wildman–Crippen MR) is 92.6 cm³/mol. The van der Waals surface area contributed by atoms with Crippen LogP contribution in [0.1, 0.15) is 13.8 Å². The summed E-state index contributed by atoms with van der Waals surface area (Å²) in [5.41, 5.74) is 0.796. The van der Waals surface area contributed by atoms with Gasteiger partial charge in [0, 0.05) is 22.3 Å². The molecule has 1 N–H and O–H groups in total. The van der Waals surface area contributed by atoms with Gasteiger partial charge >= 0.3 is 0 Å². The minimum absolute atomic E-state index is 0.0348. The van der Waals surface area contributed by atoms with Gasteiger partial charge in [0.1, 0.15) is 5.75 Å². The number of ether oxygens (including phenoxy) is 1. The zero-order chi connectivity index (χ0) is 15.8. The van der Waals surface area contributed by atoms with E-state index in [2.05, 4.69) is 17.4 Å². The van der Waals surface area contributed by atoms with Crippen molar-refractivity contribution < 1.29 is 9.53 Å². The summed E-state index contributed by atoms with van der Waals surface area (Å²) in [4.78, 5) is 13.4. The topological polar surface area (TPSA) is 38.3 Å². The molecule has 4 heteroatoms. The molecule has 3 nitrogen and oxygen atoms in total. The molecule has 2 rings (SSSR count). The maximum absolute atomic E-state index is 12.2. The van der Waals surface area contributed by atoms with Crippen molar-refractivity contribution >= 4 is 23.4 Å². The van der Waals surface area contributed by atoms with Gasteiger partial charge in [-0.15, -0.1) is 11.8 Å². The summed E-state index contributed by atoms with van der Waals surface area (Å²) < 4.78 is 5.38. The van der Waals surface area contributed by atoms with Crippen LogP contribution in [-0.4, -0.2) is 18.3 Å². The SMILES string of the molecule is CCOc1ccc(NC(=O)C(C)CSc2ccccc2)cc1. The zero-order valence-electron chi connectivity index (χ0n) is 12.9. The van der Waals surface area contributed by atoms with Gasteiger partial charge in [-0.25, -0.2) is 0 Å². The van der Waals surface area contributed by atoms with E-state index in [1.807, 2.05) is 56.3 Å². The van der Waals surface area contributed by atoms with Gasteiger partial charge in [-0.1, -0.05) is 25.1 Å². The highest BCUT2D eigenvalue weighted by Gasteiger charge is 2.13. The number of carbonyl (C=O) groups excluding carboxylic acids is 1. The Morgan fingerprint density at radius 1 is 1.14 bits per heavy atom. The van der Waals surface area contributed by atoms with Crippen molar-refractivity contribution in [3.8, 4) is 5.75 Å². The number of hydrogen-bond donors (Lipinski definition) is 1. The maximum Gasteiger partial charge on any atom is 0.228 e. The van der Waals surface area contributed by atoms with Gasteiger partial charge in [0.05, 0.1) is 6.61 Å². The van der Waals surface area contributed by atoms with Crippen molar-refractivity contribution in [2.75, 3.05) is 17.7 Å². The average molecular weight is 315 g/mol. The molecule has 22 heavy (non-hydrogen) atoms. The van der Waals surface area contributed by atoms with E-state index in [9.17, 15) is 4.79 Å². The molecule has 1 atom stereocenters. The van der Waals surface area contributed by atoms with E-state index in [1.54, 1.807) is 11.8 Å². The minimum Gasteiger partial charge on any atom is -0.494 e. The highest BCUT2D eigenvalue weighted by Crippen LogP contribution is 2.21. The molecule has 0 bridgehead atoms. The van der Waals surface area contributed by atoms with E-state index < -0.39 is 0 Å². The van der Waals surface area contributed by atoms with Crippen molar-refractivity contribution in [1.29, 1.82) is 0 Å². The lowest BCUT2D eigenvalue weighted by Gasteiger charge is -2.12. The maximum atomic E-state index is 12.2. The number of carbonyl (C=O) groups is 1. The molecule has 2 aromatic rings. The standard InChI is InChI=1S/C18H21NO2S/c1-3-21-16-11-9-15(10-12-16)19-18(20)14(2)13-22-17-7-5-4-6-8-17/h4-12,14H,3,13H2,1-2H3,(H,19,20). The number of rotatable bonds is 7. The third-order valence-electron chi connectivity index (χ3n) is 3.12. The van der Waals surface area contributed by atoms with E-state index >= 15 is 0 Å². The normalized spacial score (nSPS) is 11.7. The summed E-state index contributed by atoms with van der Waals surface area (Å²) >= 11 is 1.70. The number of amides is 1. The molecule has 0 saturated heterocycles. The molecule has 0 spiro atoms. The van der Waals surface area contributed by atoms with E-state index in [4.69, 9.17) is 4.74 Å². The molecule has 0 aromatic heterocycles. The van der Waals surface area contributed by atoms with Crippen LogP contribution in [0.5, 0.6) is 5.75 Å². The lowest BCUT2D eigenvalue weighted by molar-refractivity contribution is -0.118. The van der Waals surface area contributed by atoms with Gasteiger partial charge in [0.2, 0.25) is 5.91 Å². The predicted octanol–water partition coefficient (Wildman–Crippen LogP) is 4.45. The molecule has 2 aromatic carbocycles. The fraction of sp³-hybridized carbons (Fsp3) is 0.278. The second-order valence-electron chi connectivity index (χ2n) is 4.97. The average Bonchev–Trinajstić information content (AvgIpc) is 2.55. The van der Waals surface area contributed by atoms with E-state index in [-0.39, 0.29) is 11.8 Å². The summed E-state index contributed by atoms with van der Waals surface area (Å²) in [5.74, 6) is 1.55. The number of nitrogens with one attached hydrogen (secondary N) is 1. The minimum atomic E-state index is -0.0585. The van der Waals surface area contributed by atoms with Crippen molar-refractivity contribution in [3.63, 3.8) is 0 Å². The fourth-order valence-corrected chi connectivity index (χ4v) is 2.82. The molecule has 0 heterocycles. The number of thioether (sulfide) groups is 1. The van der Waals surface area contributed by atoms with Crippen LogP contribution in [0.25, 0.3) is 0 Å². The van der Waals surface area contributed by atoms with Crippen LogP contribution in [0.2, 0.25) is 0 Å². The van der Waals surface area contributed by atoms with Crippen molar-refractivity contribution in [1.82, 2.24) is 0 Å². The molecule has 1 unspecified atom stereocenters. The van der Waals surface area contributed by atoms with Gasteiger partial charge in [0.15, 0.2) is 0 Å². The van der Waals surface area contributed by atoms with Crippen LogP contribution in [0, 0.1) is 5.92 Å². The first-order chi connectivity index (χ1) is 10.7. The van der Waals surface area contributed by atoms with E-state index in [0.29, 0.717) is 6.61 Å². The zero-order valence-corrected chi connectivity index (χ0v) is 13.7. The summed E-state index contributed by atoms with van der Waals surface area (Å²) in [5, 5.41) is 2.94. The fourth-order valence-electron chi connectivity index (χ4n) is 1.88. The third-order valence-corrected chi connectivity index (χ3v) is 4.40. The number of hydrogen-bond acceptors (Lipinski definition) is 3. The Morgan fingerprint density at radius 2 is 1.82 bits per heavy atom. The number of anilines is 1. The highest BCUT2D eigenvalue weighted by atomic mass is 32.2. The van der Waals surface area contributed by atoms with Crippen molar-refractivity contribution in [2.45, 2.75) is 18.7 Å².